The molecule has 2 aromatic carbocycles. The topological polar surface area (TPSA) is 172 Å². The highest BCUT2D eigenvalue weighted by Gasteiger charge is 2.57. The summed E-state index contributed by atoms with van der Waals surface area (Å²) < 4.78 is 70.7. The van der Waals surface area contributed by atoms with Crippen LogP contribution in [0.15, 0.2) is 95.2 Å². The summed E-state index contributed by atoms with van der Waals surface area (Å²) in [5.74, 6) is -1.11. The van der Waals surface area contributed by atoms with Crippen molar-refractivity contribution in [1.82, 2.24) is 19.7 Å². The third kappa shape index (κ3) is 4.14. The van der Waals surface area contributed by atoms with E-state index in [9.17, 15) is 35.5 Å². The third-order valence-electron chi connectivity index (χ3n) is 8.34. The van der Waals surface area contributed by atoms with Crippen molar-refractivity contribution in [3.63, 3.8) is 0 Å². The van der Waals surface area contributed by atoms with Gasteiger partial charge in [0, 0.05) is 42.3 Å². The molecule has 6 rings (SSSR count). The number of nitrogens with one attached hydrogen (secondary N) is 2. The molecular weight excluding hydrogens is 584 g/mol. The fourth-order valence-electron chi connectivity index (χ4n) is 6.27. The summed E-state index contributed by atoms with van der Waals surface area (Å²) >= 11 is 0. The highest BCUT2D eigenvalue weighted by Crippen LogP contribution is 2.47. The van der Waals surface area contributed by atoms with Gasteiger partial charge in [0.15, 0.2) is 0 Å². The number of hydrogen-bond donors (Lipinski definition) is 4. The molecule has 12 nitrogen and oxygen atoms in total. The van der Waals surface area contributed by atoms with Crippen molar-refractivity contribution < 1.29 is 35.5 Å². The number of allylic oxidation sites excluding steroid dienone is 2. The SMILES string of the molecule is Cn1cccc1C(=O)[N+](C)(C1=C2C(CC=C1)C1(C=CC2S(=O)(=O)O)NC(=O)N1)c1ccc2c(S(=O)(=O)O)cccc2c1. The molecule has 0 radical (unpaired) electrons. The van der Waals surface area contributed by atoms with Crippen molar-refractivity contribution >= 4 is 48.6 Å². The van der Waals surface area contributed by atoms with Crippen LogP contribution in [0.2, 0.25) is 0 Å². The molecule has 1 spiro atoms. The molecule has 2 aliphatic carbocycles. The fraction of sp³-hybridized carbons (Fsp3) is 0.214. The van der Waals surface area contributed by atoms with E-state index in [1.165, 1.54) is 30.4 Å². The van der Waals surface area contributed by atoms with Crippen LogP contribution in [0.5, 0.6) is 0 Å². The molecule has 1 saturated heterocycles. The number of nitrogens with zero attached hydrogens (tertiary/aromatic N) is 2. The molecule has 14 heteroatoms. The number of likely N-dealkylation sites (N-methyl/N-ethyl adjacent to an activating group) is 1. The van der Waals surface area contributed by atoms with Gasteiger partial charge in [-0.3, -0.25) is 9.11 Å². The number of benzene rings is 2. The molecule has 4 N–H and O–H groups in total. The Morgan fingerprint density at radius 1 is 1.07 bits per heavy atom. The van der Waals surface area contributed by atoms with Crippen molar-refractivity contribution in [3.05, 3.63) is 96.0 Å². The number of hydrogen-bond acceptors (Lipinski definition) is 6. The number of carbonyl (C=O) groups excluding carboxylic acids is 2. The lowest BCUT2D eigenvalue weighted by molar-refractivity contribution is 0.0828. The number of fused-ring (bicyclic) bond motifs is 3. The van der Waals surface area contributed by atoms with E-state index in [1.54, 1.807) is 67.3 Å². The van der Waals surface area contributed by atoms with Crippen molar-refractivity contribution in [1.29, 1.82) is 0 Å². The monoisotopic (exact) mass is 611 g/mol. The maximum Gasteiger partial charge on any atom is 0.372 e. The molecule has 3 amide bonds. The van der Waals surface area contributed by atoms with E-state index in [2.05, 4.69) is 10.6 Å². The average Bonchev–Trinajstić information content (AvgIpc) is 3.35. The minimum absolute atomic E-state index is 0.229. The van der Waals surface area contributed by atoms with Crippen LogP contribution in [0.25, 0.3) is 10.8 Å². The molecule has 0 bridgehead atoms. The van der Waals surface area contributed by atoms with Crippen molar-refractivity contribution in [2.45, 2.75) is 22.2 Å². The van der Waals surface area contributed by atoms with Crippen LogP contribution in [0.3, 0.4) is 0 Å². The fourth-order valence-corrected chi connectivity index (χ4v) is 7.87. The number of aromatic nitrogens is 1. The van der Waals surface area contributed by atoms with Gasteiger partial charge in [0.1, 0.15) is 32.9 Å². The maximum absolute atomic E-state index is 14.6. The van der Waals surface area contributed by atoms with Crippen LogP contribution in [0.4, 0.5) is 10.5 Å². The van der Waals surface area contributed by atoms with Crippen LogP contribution in [-0.4, -0.2) is 60.4 Å². The van der Waals surface area contributed by atoms with Crippen LogP contribution in [0, 0.1) is 5.92 Å². The summed E-state index contributed by atoms with van der Waals surface area (Å²) in [6.07, 6.45) is 8.23. The normalized spacial score (nSPS) is 22.7. The quantitative estimate of drug-likeness (QED) is 0.194. The second-order valence-corrected chi connectivity index (χ2v) is 13.7. The van der Waals surface area contributed by atoms with Crippen LogP contribution >= 0.6 is 0 Å². The van der Waals surface area contributed by atoms with Gasteiger partial charge in [-0.05, 0) is 48.2 Å². The van der Waals surface area contributed by atoms with E-state index >= 15 is 0 Å². The van der Waals surface area contributed by atoms with Gasteiger partial charge in [-0.2, -0.15) is 21.3 Å². The number of urea groups is 1. The van der Waals surface area contributed by atoms with Gasteiger partial charge in [0.25, 0.3) is 20.2 Å². The van der Waals surface area contributed by atoms with Gasteiger partial charge < -0.3 is 15.2 Å². The first-order valence-electron chi connectivity index (χ1n) is 12.9. The Bertz CT molecular complexity index is 2000. The number of aryl methyl sites for hydroxylation is 1. The lowest BCUT2D eigenvalue weighted by Gasteiger charge is -2.51. The Morgan fingerprint density at radius 3 is 2.43 bits per heavy atom. The molecule has 0 saturated carbocycles. The van der Waals surface area contributed by atoms with E-state index in [0.29, 0.717) is 23.2 Å². The first-order chi connectivity index (χ1) is 19.7. The van der Waals surface area contributed by atoms with E-state index in [-0.39, 0.29) is 21.6 Å². The third-order valence-corrected chi connectivity index (χ3v) is 10.3. The highest BCUT2D eigenvalue weighted by atomic mass is 32.2. The van der Waals surface area contributed by atoms with Gasteiger partial charge >= 0.3 is 11.9 Å². The summed E-state index contributed by atoms with van der Waals surface area (Å²) in [6.45, 7) is 0. The van der Waals surface area contributed by atoms with Gasteiger partial charge in [0.2, 0.25) is 0 Å². The first kappa shape index (κ1) is 28.1. The second kappa shape index (κ2) is 9.21. The molecule has 3 aromatic rings. The summed E-state index contributed by atoms with van der Waals surface area (Å²) in [5, 5.41) is 4.72. The summed E-state index contributed by atoms with van der Waals surface area (Å²) in [4.78, 5) is 26.2. The molecule has 1 aromatic heterocycles. The number of amides is 3. The Labute approximate surface area is 241 Å². The minimum Gasteiger partial charge on any atom is -0.343 e. The minimum atomic E-state index is -4.70. The molecular formula is C28H27N4O8S2+. The van der Waals surface area contributed by atoms with Crippen LogP contribution in [-0.2, 0) is 27.3 Å². The van der Waals surface area contributed by atoms with Crippen LogP contribution in [0.1, 0.15) is 16.9 Å². The molecule has 1 aliphatic heterocycles. The zero-order valence-corrected chi connectivity index (χ0v) is 24.1. The largest absolute Gasteiger partial charge is 0.372 e. The zero-order valence-electron chi connectivity index (χ0n) is 22.4. The summed E-state index contributed by atoms with van der Waals surface area (Å²) in [7, 11) is -5.96. The Balaban J connectivity index is 1.67. The summed E-state index contributed by atoms with van der Waals surface area (Å²) in [6, 6.07) is 11.9. The Kier molecular flexibility index (Phi) is 6.15. The first-order valence-corrected chi connectivity index (χ1v) is 15.8. The molecule has 1 fully saturated rings. The van der Waals surface area contributed by atoms with E-state index < -0.39 is 53.5 Å². The molecule has 2 heterocycles. The Hall–Kier alpha value is -4.08. The Morgan fingerprint density at radius 2 is 1.81 bits per heavy atom. The van der Waals surface area contributed by atoms with Gasteiger partial charge in [-0.25, -0.2) is 9.59 Å². The lowest BCUT2D eigenvalue weighted by atomic mass is 9.72. The zero-order chi connectivity index (χ0) is 30.2. The molecule has 3 atom stereocenters. The second-order valence-electron chi connectivity index (χ2n) is 10.7. The molecule has 3 unspecified atom stereocenters. The average molecular weight is 612 g/mol. The molecule has 42 heavy (non-hydrogen) atoms. The smallest absolute Gasteiger partial charge is 0.343 e. The number of carbonyl (C=O) groups is 2. The maximum atomic E-state index is 14.6. The predicted octanol–water partition coefficient (Wildman–Crippen LogP) is 2.87. The van der Waals surface area contributed by atoms with Gasteiger partial charge in [-0.15, -0.1) is 0 Å². The van der Waals surface area contributed by atoms with Gasteiger partial charge in [-0.1, -0.05) is 24.3 Å². The number of quaternary nitrogens is 1. The van der Waals surface area contributed by atoms with Crippen molar-refractivity contribution in [2.75, 3.05) is 7.05 Å². The van der Waals surface area contributed by atoms with Gasteiger partial charge in [0.05, 0.1) is 7.05 Å². The number of rotatable bonds is 5. The predicted molar refractivity (Wildman–Crippen MR) is 154 cm³/mol. The van der Waals surface area contributed by atoms with E-state index in [4.69, 9.17) is 0 Å². The van der Waals surface area contributed by atoms with E-state index in [0.717, 1.165) is 0 Å². The summed E-state index contributed by atoms with van der Waals surface area (Å²) in [5.41, 5.74) is 0.0320. The van der Waals surface area contributed by atoms with E-state index in [1.807, 2.05) is 0 Å². The molecule has 3 aliphatic rings. The molecule has 218 valence electrons. The lowest BCUT2D eigenvalue weighted by Crippen LogP contribution is -2.78. The van der Waals surface area contributed by atoms with Crippen molar-refractivity contribution in [2.24, 2.45) is 13.0 Å². The standard InChI is InChI=1S/C28H26N4O8S2/c1-31-15-5-8-21(31)26(33)32(2,18-11-12-19-17(16-18)6-3-10-23(19)41(35,36)37)22-9-4-7-20-25(22)24(42(38,39)40)13-14-28(20)29-27(34)30-28/h3-6,8-16,20,24H,7H2,1-2H3,(H3-,29,30,34,35,36,37,38,39,40)/p+1. The highest BCUT2D eigenvalue weighted by molar-refractivity contribution is 7.86. The van der Waals surface area contributed by atoms with Crippen molar-refractivity contribution in [3.8, 4) is 0 Å². The van der Waals surface area contributed by atoms with Crippen LogP contribution < -0.4 is 15.1 Å².